The number of amides is 1. The first-order valence-electron chi connectivity index (χ1n) is 5.16. The maximum Gasteiger partial charge on any atom is 0.323 e. The van der Waals surface area contributed by atoms with Crippen LogP contribution in [0, 0.1) is 0 Å². The molecule has 1 heterocycles. The number of esters is 1. The van der Waals surface area contributed by atoms with Crippen molar-refractivity contribution in [3.8, 4) is 0 Å². The van der Waals surface area contributed by atoms with Crippen molar-refractivity contribution in [2.45, 2.75) is 32.4 Å². The quantitative estimate of drug-likeness (QED) is 0.656. The average molecular weight is 214 g/mol. The molecule has 0 saturated carbocycles. The number of rotatable bonds is 4. The molecule has 5 heteroatoms. The molecule has 0 aliphatic carbocycles. The number of carbonyl (C=O) groups excluding carboxylic acids is 2. The molecule has 1 fully saturated rings. The van der Waals surface area contributed by atoms with E-state index in [-0.39, 0.29) is 30.5 Å². The summed E-state index contributed by atoms with van der Waals surface area (Å²) >= 11 is 0. The van der Waals surface area contributed by atoms with Crippen molar-refractivity contribution in [3.05, 3.63) is 0 Å². The van der Waals surface area contributed by atoms with Gasteiger partial charge in [-0.2, -0.15) is 0 Å². The highest BCUT2D eigenvalue weighted by Gasteiger charge is 2.35. The van der Waals surface area contributed by atoms with E-state index in [1.807, 2.05) is 18.7 Å². The first-order chi connectivity index (χ1) is 7.04. The van der Waals surface area contributed by atoms with Gasteiger partial charge in [-0.15, -0.1) is 0 Å². The van der Waals surface area contributed by atoms with Gasteiger partial charge in [0.25, 0.3) is 0 Å². The predicted molar refractivity (Wildman–Crippen MR) is 55.3 cm³/mol. The fraction of sp³-hybridized carbons (Fsp3) is 0.800. The normalized spacial score (nSPS) is 20.9. The summed E-state index contributed by atoms with van der Waals surface area (Å²) in [6.45, 7) is 4.88. The maximum atomic E-state index is 11.4. The summed E-state index contributed by atoms with van der Waals surface area (Å²) in [7, 11) is 1.37. The SMILES string of the molecule is COC(=O)C1CCN1CC(=O)NC(C)C. The standard InChI is InChI=1S/C10H18N2O3/c1-7(2)11-9(13)6-12-5-4-8(12)10(14)15-3/h7-8H,4-6H2,1-3H3,(H,11,13). The predicted octanol–water partition coefficient (Wildman–Crippen LogP) is -0.242. The second-order valence-corrected chi connectivity index (χ2v) is 4.02. The van der Waals surface area contributed by atoms with Crippen LogP contribution in [-0.4, -0.2) is 49.1 Å². The lowest BCUT2D eigenvalue weighted by molar-refractivity contribution is -0.152. The van der Waals surface area contributed by atoms with Crippen LogP contribution in [-0.2, 0) is 14.3 Å². The van der Waals surface area contributed by atoms with Crippen molar-refractivity contribution >= 4 is 11.9 Å². The van der Waals surface area contributed by atoms with Gasteiger partial charge >= 0.3 is 5.97 Å². The van der Waals surface area contributed by atoms with Crippen LogP contribution in [0.4, 0.5) is 0 Å². The lowest BCUT2D eigenvalue weighted by Crippen LogP contribution is -2.56. The zero-order valence-electron chi connectivity index (χ0n) is 9.45. The number of nitrogens with one attached hydrogen (secondary N) is 1. The van der Waals surface area contributed by atoms with Gasteiger partial charge in [0.1, 0.15) is 6.04 Å². The third kappa shape index (κ3) is 3.20. The Labute approximate surface area is 89.8 Å². The van der Waals surface area contributed by atoms with Crippen LogP contribution in [0.25, 0.3) is 0 Å². The van der Waals surface area contributed by atoms with E-state index in [2.05, 4.69) is 10.1 Å². The van der Waals surface area contributed by atoms with E-state index < -0.39 is 0 Å². The van der Waals surface area contributed by atoms with Gasteiger partial charge in [0, 0.05) is 12.6 Å². The Morgan fingerprint density at radius 3 is 2.60 bits per heavy atom. The number of hydrogen-bond acceptors (Lipinski definition) is 4. The third-order valence-electron chi connectivity index (χ3n) is 2.40. The smallest absolute Gasteiger partial charge is 0.323 e. The Kier molecular flexibility index (Phi) is 4.08. The van der Waals surface area contributed by atoms with E-state index in [0.29, 0.717) is 0 Å². The molecule has 1 amide bonds. The second-order valence-electron chi connectivity index (χ2n) is 4.02. The molecule has 0 spiro atoms. The van der Waals surface area contributed by atoms with Gasteiger partial charge in [0.15, 0.2) is 0 Å². The number of nitrogens with zero attached hydrogens (tertiary/aromatic N) is 1. The fourth-order valence-corrected chi connectivity index (χ4v) is 1.59. The van der Waals surface area contributed by atoms with Gasteiger partial charge in [-0.25, -0.2) is 0 Å². The maximum absolute atomic E-state index is 11.4. The Morgan fingerprint density at radius 2 is 2.20 bits per heavy atom. The molecule has 1 saturated heterocycles. The number of likely N-dealkylation sites (tertiary alicyclic amines) is 1. The van der Waals surface area contributed by atoms with Gasteiger partial charge in [-0.05, 0) is 20.3 Å². The molecule has 0 aromatic rings. The summed E-state index contributed by atoms with van der Waals surface area (Å²) in [5.74, 6) is -0.294. The Hall–Kier alpha value is -1.10. The summed E-state index contributed by atoms with van der Waals surface area (Å²) in [5.41, 5.74) is 0. The van der Waals surface area contributed by atoms with Crippen LogP contribution < -0.4 is 5.32 Å². The minimum absolute atomic E-state index is 0.0430. The molecule has 0 aromatic heterocycles. The van der Waals surface area contributed by atoms with E-state index in [1.165, 1.54) is 7.11 Å². The highest BCUT2D eigenvalue weighted by Crippen LogP contribution is 2.17. The van der Waals surface area contributed by atoms with Crippen molar-refractivity contribution in [1.82, 2.24) is 10.2 Å². The van der Waals surface area contributed by atoms with Crippen LogP contribution in [0.15, 0.2) is 0 Å². The van der Waals surface area contributed by atoms with Gasteiger partial charge < -0.3 is 10.1 Å². The topological polar surface area (TPSA) is 58.6 Å². The molecule has 1 aliphatic rings. The number of hydrogen-bond donors (Lipinski definition) is 1. The minimum atomic E-state index is -0.251. The van der Waals surface area contributed by atoms with E-state index in [0.717, 1.165) is 13.0 Å². The van der Waals surface area contributed by atoms with Crippen molar-refractivity contribution in [2.24, 2.45) is 0 Å². The lowest BCUT2D eigenvalue weighted by Gasteiger charge is -2.38. The lowest BCUT2D eigenvalue weighted by atomic mass is 10.0. The van der Waals surface area contributed by atoms with Crippen LogP contribution in [0.5, 0.6) is 0 Å². The molecule has 1 unspecified atom stereocenters. The third-order valence-corrected chi connectivity index (χ3v) is 2.40. The van der Waals surface area contributed by atoms with E-state index >= 15 is 0 Å². The van der Waals surface area contributed by atoms with Gasteiger partial charge in [-0.1, -0.05) is 0 Å². The summed E-state index contributed by atoms with van der Waals surface area (Å²) in [4.78, 5) is 24.4. The van der Waals surface area contributed by atoms with Gasteiger partial charge in [-0.3, -0.25) is 14.5 Å². The fourth-order valence-electron chi connectivity index (χ4n) is 1.59. The van der Waals surface area contributed by atoms with Gasteiger partial charge in [0.05, 0.1) is 13.7 Å². The molecule has 86 valence electrons. The summed E-state index contributed by atoms with van der Waals surface area (Å²) < 4.78 is 4.63. The first-order valence-corrected chi connectivity index (χ1v) is 5.16. The minimum Gasteiger partial charge on any atom is -0.468 e. The zero-order valence-corrected chi connectivity index (χ0v) is 9.45. The molecule has 15 heavy (non-hydrogen) atoms. The Balaban J connectivity index is 2.33. The van der Waals surface area contributed by atoms with Crippen molar-refractivity contribution in [3.63, 3.8) is 0 Å². The zero-order chi connectivity index (χ0) is 11.4. The molecule has 1 rings (SSSR count). The second kappa shape index (κ2) is 5.11. The molecule has 0 bridgehead atoms. The van der Waals surface area contributed by atoms with E-state index in [4.69, 9.17) is 0 Å². The van der Waals surface area contributed by atoms with Crippen molar-refractivity contribution in [1.29, 1.82) is 0 Å². The summed E-state index contributed by atoms with van der Waals surface area (Å²) in [6, 6.07) is -0.0942. The number of carbonyl (C=O) groups is 2. The summed E-state index contributed by atoms with van der Waals surface area (Å²) in [5, 5.41) is 2.79. The van der Waals surface area contributed by atoms with Crippen LogP contribution >= 0.6 is 0 Å². The van der Waals surface area contributed by atoms with E-state index in [9.17, 15) is 9.59 Å². The molecular formula is C10H18N2O3. The molecule has 0 radical (unpaired) electrons. The van der Waals surface area contributed by atoms with Gasteiger partial charge in [0.2, 0.25) is 5.91 Å². The molecule has 1 aliphatic heterocycles. The molecule has 1 N–H and O–H groups in total. The van der Waals surface area contributed by atoms with Crippen LogP contribution in [0.1, 0.15) is 20.3 Å². The van der Waals surface area contributed by atoms with Crippen molar-refractivity contribution in [2.75, 3.05) is 20.2 Å². The first kappa shape index (κ1) is 12.0. The number of ether oxygens (including phenoxy) is 1. The number of methoxy groups -OCH3 is 1. The molecular weight excluding hydrogens is 196 g/mol. The monoisotopic (exact) mass is 214 g/mol. The average Bonchev–Trinajstić information content (AvgIpc) is 2.11. The molecule has 0 aromatic carbocycles. The Morgan fingerprint density at radius 1 is 1.53 bits per heavy atom. The van der Waals surface area contributed by atoms with Crippen LogP contribution in [0.3, 0.4) is 0 Å². The summed E-state index contributed by atoms with van der Waals surface area (Å²) in [6.07, 6.45) is 0.779. The highest BCUT2D eigenvalue weighted by molar-refractivity contribution is 5.81. The van der Waals surface area contributed by atoms with E-state index in [1.54, 1.807) is 0 Å². The molecule has 5 nitrogen and oxygen atoms in total. The molecule has 1 atom stereocenters. The Bertz CT molecular complexity index is 253. The highest BCUT2D eigenvalue weighted by atomic mass is 16.5. The largest absolute Gasteiger partial charge is 0.468 e. The van der Waals surface area contributed by atoms with Crippen molar-refractivity contribution < 1.29 is 14.3 Å². The van der Waals surface area contributed by atoms with Crippen LogP contribution in [0.2, 0.25) is 0 Å².